The van der Waals surface area contributed by atoms with E-state index < -0.39 is 0 Å². The van der Waals surface area contributed by atoms with Gasteiger partial charge in [-0.25, -0.2) is 0 Å². The molecule has 2 aliphatic rings. The highest BCUT2D eigenvalue weighted by Gasteiger charge is 2.37. The van der Waals surface area contributed by atoms with Gasteiger partial charge in [0.05, 0.1) is 12.3 Å². The molecule has 138 valence electrons. The molecule has 2 aliphatic heterocycles. The topological polar surface area (TPSA) is 36.5 Å². The molecule has 2 atom stereocenters. The highest BCUT2D eigenvalue weighted by atomic mass is 32.1. The number of fused-ring (bicyclic) bond motifs is 2. The van der Waals surface area contributed by atoms with Gasteiger partial charge in [-0.05, 0) is 69.9 Å². The molecule has 2 heterocycles. The number of anilines is 1. The van der Waals surface area contributed by atoms with E-state index in [9.17, 15) is 0 Å². The highest BCUT2D eigenvalue weighted by Crippen LogP contribution is 2.34. The van der Waals surface area contributed by atoms with Crippen molar-refractivity contribution in [3.8, 4) is 5.75 Å². The van der Waals surface area contributed by atoms with Crippen molar-refractivity contribution in [2.45, 2.75) is 70.5 Å². The second kappa shape index (κ2) is 8.86. The van der Waals surface area contributed by atoms with Gasteiger partial charge >= 0.3 is 0 Å². The molecule has 1 aromatic rings. The Morgan fingerprint density at radius 3 is 2.60 bits per heavy atom. The molecular formula is C20H31N3OS. The van der Waals surface area contributed by atoms with Crippen LogP contribution in [0, 0.1) is 0 Å². The van der Waals surface area contributed by atoms with Crippen molar-refractivity contribution in [2.75, 3.05) is 18.5 Å². The lowest BCUT2D eigenvalue weighted by Crippen LogP contribution is -2.57. The Morgan fingerprint density at radius 2 is 1.92 bits per heavy atom. The second-order valence-corrected chi connectivity index (χ2v) is 7.58. The van der Waals surface area contributed by atoms with Crippen molar-refractivity contribution in [3.05, 3.63) is 24.3 Å². The first kappa shape index (κ1) is 18.5. The van der Waals surface area contributed by atoms with E-state index in [0.717, 1.165) is 23.5 Å². The van der Waals surface area contributed by atoms with E-state index in [1.165, 1.54) is 45.1 Å². The number of benzene rings is 1. The zero-order valence-corrected chi connectivity index (χ0v) is 16.3. The number of para-hydroxylation sites is 2. The van der Waals surface area contributed by atoms with E-state index in [-0.39, 0.29) is 0 Å². The molecule has 0 spiro atoms. The average molecular weight is 362 g/mol. The third-order valence-corrected chi connectivity index (χ3v) is 5.60. The first-order valence-corrected chi connectivity index (χ1v) is 10.2. The molecule has 3 rings (SSSR count). The molecule has 0 aliphatic carbocycles. The molecule has 5 heteroatoms. The Labute approximate surface area is 157 Å². The smallest absolute Gasteiger partial charge is 0.171 e. The van der Waals surface area contributed by atoms with Crippen molar-refractivity contribution < 1.29 is 4.74 Å². The minimum atomic E-state index is 0.475. The molecule has 0 radical (unpaired) electrons. The Hall–Kier alpha value is -1.33. The third-order valence-electron chi connectivity index (χ3n) is 5.38. The van der Waals surface area contributed by atoms with Crippen LogP contribution in [0.3, 0.4) is 0 Å². The predicted molar refractivity (Wildman–Crippen MR) is 108 cm³/mol. The van der Waals surface area contributed by atoms with E-state index in [1.54, 1.807) is 0 Å². The zero-order valence-electron chi connectivity index (χ0n) is 15.5. The van der Waals surface area contributed by atoms with E-state index in [4.69, 9.17) is 17.0 Å². The van der Waals surface area contributed by atoms with Gasteiger partial charge in [-0.3, -0.25) is 4.90 Å². The number of nitrogens with one attached hydrogen (secondary N) is 2. The van der Waals surface area contributed by atoms with Crippen molar-refractivity contribution in [3.63, 3.8) is 0 Å². The first-order chi connectivity index (χ1) is 12.2. The van der Waals surface area contributed by atoms with Gasteiger partial charge in [0.2, 0.25) is 0 Å². The number of nitrogens with zero attached hydrogens (tertiary/aromatic N) is 1. The van der Waals surface area contributed by atoms with Gasteiger partial charge in [0, 0.05) is 18.1 Å². The summed E-state index contributed by atoms with van der Waals surface area (Å²) in [5, 5.41) is 7.60. The van der Waals surface area contributed by atoms with Gasteiger partial charge in [-0.2, -0.15) is 0 Å². The Morgan fingerprint density at radius 1 is 1.20 bits per heavy atom. The lowest BCUT2D eigenvalue weighted by Gasteiger charge is -2.49. The second-order valence-electron chi connectivity index (χ2n) is 7.17. The van der Waals surface area contributed by atoms with Gasteiger partial charge in [0.25, 0.3) is 0 Å². The summed E-state index contributed by atoms with van der Waals surface area (Å²) >= 11 is 5.58. The molecule has 25 heavy (non-hydrogen) atoms. The van der Waals surface area contributed by atoms with Crippen LogP contribution in [0.2, 0.25) is 0 Å². The van der Waals surface area contributed by atoms with Crippen molar-refractivity contribution in [1.82, 2.24) is 10.2 Å². The molecule has 0 aromatic heterocycles. The molecular weight excluding hydrogens is 330 g/mol. The van der Waals surface area contributed by atoms with Crippen LogP contribution >= 0.6 is 12.2 Å². The number of rotatable bonds is 6. The first-order valence-electron chi connectivity index (χ1n) is 9.76. The largest absolute Gasteiger partial charge is 0.492 e. The number of ether oxygens (including phenoxy) is 1. The van der Waals surface area contributed by atoms with Crippen LogP contribution < -0.4 is 15.4 Å². The SMILES string of the molecule is CCCN1[C@@H]2CCC[C@@H]1CC(NC(=S)Nc1ccccc1OCC)C2. The highest BCUT2D eigenvalue weighted by molar-refractivity contribution is 7.80. The number of hydrogen-bond acceptors (Lipinski definition) is 3. The van der Waals surface area contributed by atoms with E-state index >= 15 is 0 Å². The summed E-state index contributed by atoms with van der Waals surface area (Å²) in [5.74, 6) is 0.851. The van der Waals surface area contributed by atoms with Gasteiger partial charge in [-0.15, -0.1) is 0 Å². The van der Waals surface area contributed by atoms with E-state index in [1.807, 2.05) is 31.2 Å². The molecule has 0 saturated carbocycles. The van der Waals surface area contributed by atoms with Gasteiger partial charge in [0.1, 0.15) is 5.75 Å². The molecule has 2 saturated heterocycles. The number of thiocarbonyl (C=S) groups is 1. The fourth-order valence-corrected chi connectivity index (χ4v) is 4.69. The molecule has 4 nitrogen and oxygen atoms in total. The summed E-state index contributed by atoms with van der Waals surface area (Å²) in [5.41, 5.74) is 0.936. The van der Waals surface area contributed by atoms with Crippen LogP contribution in [0.4, 0.5) is 5.69 Å². The molecule has 2 bridgehead atoms. The lowest BCUT2D eigenvalue weighted by molar-refractivity contribution is 0.0284. The normalized spacial score (nSPS) is 26.1. The van der Waals surface area contributed by atoms with E-state index in [2.05, 4.69) is 22.5 Å². The maximum Gasteiger partial charge on any atom is 0.171 e. The Balaban J connectivity index is 1.57. The van der Waals surface area contributed by atoms with Crippen molar-refractivity contribution >= 4 is 23.0 Å². The molecule has 1 aromatic carbocycles. The summed E-state index contributed by atoms with van der Waals surface area (Å²) in [6.45, 7) is 6.18. The molecule has 0 amide bonds. The Bertz CT molecular complexity index is 566. The van der Waals surface area contributed by atoms with Gasteiger partial charge in [-0.1, -0.05) is 25.5 Å². The van der Waals surface area contributed by atoms with Crippen LogP contribution in [0.15, 0.2) is 24.3 Å². The van der Waals surface area contributed by atoms with Gasteiger partial charge < -0.3 is 15.4 Å². The standard InChI is InChI=1S/C20H31N3OS/c1-3-12-23-16-8-7-9-17(23)14-15(13-16)21-20(25)22-18-10-5-6-11-19(18)24-4-2/h5-6,10-11,15-17H,3-4,7-9,12-14H2,1-2H3,(H2,21,22,25)/t16-,17-/m1/s1. The zero-order chi connectivity index (χ0) is 17.6. The van der Waals surface area contributed by atoms with Crippen LogP contribution in [-0.2, 0) is 0 Å². The third kappa shape index (κ3) is 4.64. The fraction of sp³-hybridized carbons (Fsp3) is 0.650. The van der Waals surface area contributed by atoms with Crippen LogP contribution in [0.5, 0.6) is 5.75 Å². The monoisotopic (exact) mass is 361 g/mol. The summed E-state index contributed by atoms with van der Waals surface area (Å²) in [6, 6.07) is 9.90. The summed E-state index contributed by atoms with van der Waals surface area (Å²) < 4.78 is 5.67. The maximum atomic E-state index is 5.67. The van der Waals surface area contributed by atoms with E-state index in [0.29, 0.717) is 17.8 Å². The van der Waals surface area contributed by atoms with Crippen molar-refractivity contribution in [2.24, 2.45) is 0 Å². The number of piperidine rings is 2. The minimum absolute atomic E-state index is 0.475. The predicted octanol–water partition coefficient (Wildman–Crippen LogP) is 4.17. The quantitative estimate of drug-likeness (QED) is 0.744. The van der Waals surface area contributed by atoms with Gasteiger partial charge in [0.15, 0.2) is 5.11 Å². The molecule has 2 fully saturated rings. The van der Waals surface area contributed by atoms with Crippen LogP contribution in [-0.4, -0.2) is 41.3 Å². The van der Waals surface area contributed by atoms with Crippen LogP contribution in [0.25, 0.3) is 0 Å². The lowest BCUT2D eigenvalue weighted by atomic mass is 9.81. The maximum absolute atomic E-state index is 5.67. The average Bonchev–Trinajstić information content (AvgIpc) is 2.58. The molecule has 0 unspecified atom stereocenters. The minimum Gasteiger partial charge on any atom is -0.492 e. The summed E-state index contributed by atoms with van der Waals surface area (Å²) in [6.07, 6.45) is 7.70. The molecule has 2 N–H and O–H groups in total. The summed E-state index contributed by atoms with van der Waals surface area (Å²) in [7, 11) is 0. The van der Waals surface area contributed by atoms with Crippen molar-refractivity contribution in [1.29, 1.82) is 0 Å². The number of hydrogen-bond donors (Lipinski definition) is 2. The fourth-order valence-electron chi connectivity index (χ4n) is 4.41. The van der Waals surface area contributed by atoms with Crippen LogP contribution in [0.1, 0.15) is 52.4 Å². The summed E-state index contributed by atoms with van der Waals surface area (Å²) in [4.78, 5) is 2.75. The Kier molecular flexibility index (Phi) is 6.54.